The van der Waals surface area contributed by atoms with E-state index in [9.17, 15) is 33.4 Å². The number of nitrogens with zero attached hydrogens (tertiary/aromatic N) is 4. The summed E-state index contributed by atoms with van der Waals surface area (Å²) in [5, 5.41) is 36.0. The van der Waals surface area contributed by atoms with Gasteiger partial charge in [-0.05, 0) is 42.5 Å². The molecule has 15 nitrogen and oxygen atoms in total. The number of nitro groups is 2. The molecular weight excluding hydrogens is 546 g/mol. The van der Waals surface area contributed by atoms with Crippen LogP contribution in [0.15, 0.2) is 83.8 Å². The lowest BCUT2D eigenvalue weighted by molar-refractivity contribution is -0.392. The smallest absolute Gasteiger partial charge is 0.300 e. The number of sulfonamides is 1. The van der Waals surface area contributed by atoms with Gasteiger partial charge in [-0.25, -0.2) is 8.42 Å². The Bertz CT molecular complexity index is 1650. The van der Waals surface area contributed by atoms with Crippen molar-refractivity contribution in [3.05, 3.63) is 105 Å². The van der Waals surface area contributed by atoms with Crippen LogP contribution in [0.4, 0.5) is 34.3 Å². The zero-order valence-corrected chi connectivity index (χ0v) is 21.3. The van der Waals surface area contributed by atoms with Gasteiger partial charge in [-0.2, -0.15) is 0 Å². The number of hydrogen-bond donors (Lipinski definition) is 3. The van der Waals surface area contributed by atoms with Crippen molar-refractivity contribution in [2.24, 2.45) is 0 Å². The summed E-state index contributed by atoms with van der Waals surface area (Å²) in [6.07, 6.45) is 0. The highest BCUT2D eigenvalue weighted by Crippen LogP contribution is 2.38. The molecule has 0 saturated heterocycles. The molecule has 204 valence electrons. The number of benzene rings is 3. The first-order valence-corrected chi connectivity index (χ1v) is 12.7. The summed E-state index contributed by atoms with van der Waals surface area (Å²) < 4.78 is 32.4. The third kappa shape index (κ3) is 6.25. The second kappa shape index (κ2) is 11.4. The van der Waals surface area contributed by atoms with Crippen LogP contribution in [0.25, 0.3) is 0 Å². The molecule has 1 amide bonds. The monoisotopic (exact) mass is 565 g/mol. The predicted molar refractivity (Wildman–Crippen MR) is 143 cm³/mol. The minimum Gasteiger partial charge on any atom is -0.480 e. The number of amides is 1. The Labute approximate surface area is 226 Å². The first kappa shape index (κ1) is 27.4. The Kier molecular flexibility index (Phi) is 7.81. The number of nitro benzene ring substituents is 2. The molecule has 0 radical (unpaired) electrons. The van der Waals surface area contributed by atoms with E-state index in [1.165, 1.54) is 43.5 Å². The van der Waals surface area contributed by atoms with E-state index in [1.807, 2.05) is 0 Å². The lowest BCUT2D eigenvalue weighted by Gasteiger charge is -2.11. The van der Waals surface area contributed by atoms with Crippen LogP contribution < -0.4 is 20.1 Å². The zero-order chi connectivity index (χ0) is 28.9. The minimum absolute atomic E-state index is 0.0495. The molecule has 0 saturated carbocycles. The molecule has 0 aliphatic rings. The maximum absolute atomic E-state index is 12.9. The van der Waals surface area contributed by atoms with Crippen LogP contribution >= 0.6 is 0 Å². The number of anilines is 4. The van der Waals surface area contributed by atoms with Gasteiger partial charge in [0, 0.05) is 29.6 Å². The van der Waals surface area contributed by atoms with Gasteiger partial charge in [0.2, 0.25) is 5.88 Å². The van der Waals surface area contributed by atoms with E-state index in [1.54, 1.807) is 30.3 Å². The maximum atomic E-state index is 12.9. The van der Waals surface area contributed by atoms with Crippen LogP contribution in [0.1, 0.15) is 10.4 Å². The highest BCUT2D eigenvalue weighted by Gasteiger charge is 2.29. The quantitative estimate of drug-likeness (QED) is 0.184. The fraction of sp³-hybridized carbons (Fsp3) is 0.0417. The summed E-state index contributed by atoms with van der Waals surface area (Å²) >= 11 is 0. The number of para-hydroxylation sites is 1. The minimum atomic E-state index is -4.05. The standard InChI is InChI=1S/C24H19N7O8S/c1-39-22-12-11-21(27-28-22)29-40(37,38)18-9-7-17(8-10-18)26-24(32)15-13-19(30(33)34)23(20(14-15)31(35)36)25-16-5-3-2-4-6-16/h2-14,25H,1H3,(H,26,32)(H,27,29). The fourth-order valence-corrected chi connectivity index (χ4v) is 4.42. The van der Waals surface area contributed by atoms with Crippen LogP contribution in [-0.4, -0.2) is 41.5 Å². The summed E-state index contributed by atoms with van der Waals surface area (Å²) in [5.74, 6) is -0.743. The highest BCUT2D eigenvalue weighted by molar-refractivity contribution is 7.92. The molecule has 0 fully saturated rings. The van der Waals surface area contributed by atoms with Gasteiger partial charge in [0.1, 0.15) is 0 Å². The number of aromatic nitrogens is 2. The van der Waals surface area contributed by atoms with Crippen molar-refractivity contribution in [1.82, 2.24) is 10.2 Å². The number of methoxy groups -OCH3 is 1. The molecule has 1 heterocycles. The van der Waals surface area contributed by atoms with E-state index in [0.29, 0.717) is 5.69 Å². The Morgan fingerprint density at radius 3 is 2.00 bits per heavy atom. The molecule has 4 rings (SSSR count). The number of carbonyl (C=O) groups excluding carboxylic acids is 1. The lowest BCUT2D eigenvalue weighted by Crippen LogP contribution is -2.15. The number of hydrogen-bond acceptors (Lipinski definition) is 11. The number of ether oxygens (including phenoxy) is 1. The average molecular weight is 566 g/mol. The molecular formula is C24H19N7O8S. The Hall–Kier alpha value is -5.64. The van der Waals surface area contributed by atoms with E-state index in [4.69, 9.17) is 4.74 Å². The molecule has 1 aromatic heterocycles. The molecule has 4 aromatic rings. The molecule has 0 aliphatic heterocycles. The maximum Gasteiger partial charge on any atom is 0.300 e. The molecule has 3 N–H and O–H groups in total. The third-order valence-corrected chi connectivity index (χ3v) is 6.68. The summed E-state index contributed by atoms with van der Waals surface area (Å²) in [4.78, 5) is 34.5. The number of carbonyl (C=O) groups is 1. The van der Waals surface area contributed by atoms with E-state index in [-0.39, 0.29) is 33.5 Å². The van der Waals surface area contributed by atoms with Crippen LogP contribution in [-0.2, 0) is 10.0 Å². The van der Waals surface area contributed by atoms with Crippen molar-refractivity contribution in [2.75, 3.05) is 22.5 Å². The molecule has 0 bridgehead atoms. The molecule has 3 aromatic carbocycles. The van der Waals surface area contributed by atoms with E-state index < -0.39 is 37.2 Å². The number of rotatable bonds is 10. The van der Waals surface area contributed by atoms with Gasteiger partial charge < -0.3 is 15.4 Å². The Morgan fingerprint density at radius 2 is 1.48 bits per heavy atom. The molecule has 16 heteroatoms. The molecule has 0 aliphatic carbocycles. The third-order valence-electron chi connectivity index (χ3n) is 5.31. The Morgan fingerprint density at radius 1 is 0.850 bits per heavy atom. The summed E-state index contributed by atoms with van der Waals surface area (Å²) in [6.45, 7) is 0. The summed E-state index contributed by atoms with van der Waals surface area (Å²) in [7, 11) is -2.67. The van der Waals surface area contributed by atoms with Crippen LogP contribution in [0.3, 0.4) is 0 Å². The van der Waals surface area contributed by atoms with Gasteiger partial charge in [-0.1, -0.05) is 18.2 Å². The van der Waals surface area contributed by atoms with E-state index in [0.717, 1.165) is 12.1 Å². The van der Waals surface area contributed by atoms with Crippen molar-refractivity contribution >= 4 is 50.2 Å². The first-order chi connectivity index (χ1) is 19.1. The molecule has 40 heavy (non-hydrogen) atoms. The van der Waals surface area contributed by atoms with Crippen LogP contribution in [0.5, 0.6) is 5.88 Å². The average Bonchev–Trinajstić information content (AvgIpc) is 2.94. The normalized spacial score (nSPS) is 10.8. The van der Waals surface area contributed by atoms with Crippen LogP contribution in [0, 0.1) is 20.2 Å². The lowest BCUT2D eigenvalue weighted by atomic mass is 10.1. The van der Waals surface area contributed by atoms with Crippen molar-refractivity contribution < 1.29 is 27.8 Å². The Balaban J connectivity index is 1.56. The molecule has 0 atom stereocenters. The fourth-order valence-electron chi connectivity index (χ4n) is 3.43. The largest absolute Gasteiger partial charge is 0.480 e. The van der Waals surface area contributed by atoms with Crippen molar-refractivity contribution in [2.45, 2.75) is 4.90 Å². The van der Waals surface area contributed by atoms with Gasteiger partial charge in [-0.15, -0.1) is 10.2 Å². The molecule has 0 spiro atoms. The highest BCUT2D eigenvalue weighted by atomic mass is 32.2. The SMILES string of the molecule is COc1ccc(NS(=O)(=O)c2ccc(NC(=O)c3cc([N+](=O)[O-])c(Nc4ccccc4)c([N+](=O)[O-])c3)cc2)nn1. The second-order valence-corrected chi connectivity index (χ2v) is 9.62. The molecule has 0 unspecified atom stereocenters. The van der Waals surface area contributed by atoms with E-state index >= 15 is 0 Å². The van der Waals surface area contributed by atoms with E-state index in [2.05, 4.69) is 25.6 Å². The van der Waals surface area contributed by atoms with Gasteiger partial charge in [0.05, 0.1) is 27.4 Å². The van der Waals surface area contributed by atoms with Crippen molar-refractivity contribution in [3.8, 4) is 5.88 Å². The predicted octanol–water partition coefficient (Wildman–Crippen LogP) is 4.10. The van der Waals surface area contributed by atoms with Gasteiger partial charge in [0.15, 0.2) is 11.5 Å². The zero-order valence-electron chi connectivity index (χ0n) is 20.5. The number of nitrogens with one attached hydrogen (secondary N) is 3. The van der Waals surface area contributed by atoms with Crippen molar-refractivity contribution in [3.63, 3.8) is 0 Å². The van der Waals surface area contributed by atoms with Crippen LogP contribution in [0.2, 0.25) is 0 Å². The first-order valence-electron chi connectivity index (χ1n) is 11.2. The van der Waals surface area contributed by atoms with Crippen molar-refractivity contribution in [1.29, 1.82) is 0 Å². The summed E-state index contributed by atoms with van der Waals surface area (Å²) in [6, 6.07) is 17.7. The summed E-state index contributed by atoms with van der Waals surface area (Å²) in [5.41, 5.74) is -1.61. The van der Waals surface area contributed by atoms with Gasteiger partial charge in [0.25, 0.3) is 15.9 Å². The second-order valence-electron chi connectivity index (χ2n) is 7.94. The topological polar surface area (TPSA) is 209 Å². The van der Waals surface area contributed by atoms with Gasteiger partial charge in [-0.3, -0.25) is 29.7 Å². The van der Waals surface area contributed by atoms with Gasteiger partial charge >= 0.3 is 11.4 Å².